The lowest BCUT2D eigenvalue weighted by atomic mass is 9.66. The summed E-state index contributed by atoms with van der Waals surface area (Å²) in [5.41, 5.74) is 6.74. The normalized spacial score (nSPS) is 20.6. The first kappa shape index (κ1) is 22.1. The second kappa shape index (κ2) is 8.98. The van der Waals surface area contributed by atoms with Crippen LogP contribution in [0.2, 0.25) is 0 Å². The van der Waals surface area contributed by atoms with Crippen LogP contribution in [0.25, 0.3) is 16.8 Å². The summed E-state index contributed by atoms with van der Waals surface area (Å²) in [6.07, 6.45) is 3.61. The van der Waals surface area contributed by atoms with Crippen molar-refractivity contribution in [3.8, 4) is 22.9 Å². The van der Waals surface area contributed by atoms with Crippen LogP contribution in [0.5, 0.6) is 0 Å². The van der Waals surface area contributed by atoms with Crippen LogP contribution in [0.3, 0.4) is 0 Å². The molecule has 3 aromatic carbocycles. The number of carbonyl (C=O) groups excluding carboxylic acids is 1. The van der Waals surface area contributed by atoms with Crippen molar-refractivity contribution in [2.45, 2.75) is 25.7 Å². The van der Waals surface area contributed by atoms with Gasteiger partial charge >= 0.3 is 0 Å². The molecule has 5 heteroatoms. The molecule has 0 fully saturated rings. The van der Waals surface area contributed by atoms with E-state index in [1.54, 1.807) is 0 Å². The van der Waals surface area contributed by atoms with Crippen molar-refractivity contribution in [2.75, 3.05) is 5.32 Å². The molecule has 0 amide bonds. The third-order valence-electron chi connectivity index (χ3n) is 7.57. The zero-order chi connectivity index (χ0) is 24.6. The molecule has 2 aliphatic rings. The number of nitrogens with zero attached hydrogens (tertiary/aromatic N) is 3. The van der Waals surface area contributed by atoms with Crippen LogP contribution in [0.15, 0.2) is 96.6 Å². The molecule has 0 saturated carbocycles. The van der Waals surface area contributed by atoms with Crippen molar-refractivity contribution in [2.24, 2.45) is 11.8 Å². The lowest BCUT2D eigenvalue weighted by molar-refractivity contribution is -0.120. The summed E-state index contributed by atoms with van der Waals surface area (Å²) in [6, 6.07) is 30.9. The van der Waals surface area contributed by atoms with Gasteiger partial charge in [-0.25, -0.2) is 4.68 Å². The Morgan fingerprint density at radius 3 is 2.31 bits per heavy atom. The molecule has 5 nitrogen and oxygen atoms in total. The molecule has 6 rings (SSSR count). The Morgan fingerprint density at radius 1 is 0.944 bits per heavy atom. The van der Waals surface area contributed by atoms with Gasteiger partial charge in [0, 0.05) is 23.1 Å². The number of nitriles is 1. The van der Waals surface area contributed by atoms with Crippen LogP contribution in [0.1, 0.15) is 30.5 Å². The fourth-order valence-corrected chi connectivity index (χ4v) is 5.68. The Balaban J connectivity index is 1.49. The van der Waals surface area contributed by atoms with Gasteiger partial charge < -0.3 is 5.32 Å². The fourth-order valence-electron chi connectivity index (χ4n) is 5.68. The monoisotopic (exact) mass is 470 g/mol. The quantitative estimate of drug-likeness (QED) is 0.365. The highest BCUT2D eigenvalue weighted by atomic mass is 16.1. The Labute approximate surface area is 210 Å². The first-order valence-electron chi connectivity index (χ1n) is 12.4. The summed E-state index contributed by atoms with van der Waals surface area (Å²) in [4.78, 5) is 12.8. The van der Waals surface area contributed by atoms with E-state index in [0.29, 0.717) is 0 Å². The van der Waals surface area contributed by atoms with Crippen molar-refractivity contribution >= 4 is 17.3 Å². The van der Waals surface area contributed by atoms with E-state index in [9.17, 15) is 10.1 Å². The van der Waals surface area contributed by atoms with Gasteiger partial charge in [-0.2, -0.15) is 5.26 Å². The van der Waals surface area contributed by atoms with Gasteiger partial charge in [-0.05, 0) is 54.2 Å². The summed E-state index contributed by atoms with van der Waals surface area (Å²) in [7, 11) is 0. The maximum atomic E-state index is 12.8. The second-order valence-corrected chi connectivity index (χ2v) is 9.60. The lowest BCUT2D eigenvalue weighted by Gasteiger charge is -2.37. The van der Waals surface area contributed by atoms with Crippen LogP contribution in [-0.2, 0) is 11.2 Å². The van der Waals surface area contributed by atoms with Gasteiger partial charge in [0.15, 0.2) is 11.6 Å². The van der Waals surface area contributed by atoms with Gasteiger partial charge in [-0.3, -0.25) is 4.79 Å². The van der Waals surface area contributed by atoms with E-state index in [2.05, 4.69) is 47.8 Å². The van der Waals surface area contributed by atoms with Crippen molar-refractivity contribution in [3.63, 3.8) is 0 Å². The van der Waals surface area contributed by atoms with Gasteiger partial charge in [0.05, 0.1) is 17.0 Å². The number of para-hydroxylation sites is 1. The topological polar surface area (TPSA) is 70.7 Å². The molecule has 4 aromatic rings. The number of allylic oxidation sites excluding steroid dienone is 2. The van der Waals surface area contributed by atoms with Gasteiger partial charge in [-0.1, -0.05) is 73.7 Å². The van der Waals surface area contributed by atoms with Crippen molar-refractivity contribution < 1.29 is 4.79 Å². The summed E-state index contributed by atoms with van der Waals surface area (Å²) in [5.74, 6) is 0.730. The van der Waals surface area contributed by atoms with E-state index < -0.39 is 0 Å². The maximum Gasteiger partial charge on any atom is 0.176 e. The largest absolute Gasteiger partial charge is 0.339 e. The first-order chi connectivity index (χ1) is 17.6. The minimum Gasteiger partial charge on any atom is -0.339 e. The molecule has 2 aliphatic carbocycles. The molecule has 3 unspecified atom stereocenters. The van der Waals surface area contributed by atoms with Crippen LogP contribution in [0.4, 0.5) is 11.5 Å². The van der Waals surface area contributed by atoms with E-state index in [0.717, 1.165) is 46.9 Å². The van der Waals surface area contributed by atoms with Crippen LogP contribution < -0.4 is 5.32 Å². The number of hydrogen-bond acceptors (Lipinski definition) is 4. The highest BCUT2D eigenvalue weighted by Crippen LogP contribution is 2.48. The number of anilines is 2. The molecule has 1 heterocycles. The number of carbonyl (C=O) groups is 1. The second-order valence-electron chi connectivity index (χ2n) is 9.60. The van der Waals surface area contributed by atoms with E-state index in [1.165, 1.54) is 5.56 Å². The maximum absolute atomic E-state index is 12.8. The highest BCUT2D eigenvalue weighted by Gasteiger charge is 2.43. The average Bonchev–Trinajstić information content (AvgIpc) is 3.30. The third-order valence-corrected chi connectivity index (χ3v) is 7.57. The molecule has 3 atom stereocenters. The Morgan fingerprint density at radius 2 is 1.61 bits per heavy atom. The summed E-state index contributed by atoms with van der Waals surface area (Å²) < 4.78 is 2.01. The molecule has 0 aliphatic heterocycles. The number of benzene rings is 3. The fraction of sp³-hybridized carbons (Fsp3) is 0.194. The van der Waals surface area contributed by atoms with Crippen LogP contribution in [-0.4, -0.2) is 15.6 Å². The molecular weight excluding hydrogens is 444 g/mol. The molecule has 0 bridgehead atoms. The Bertz CT molecular complexity index is 1490. The number of Topliss-reactive ketones (excluding diaryl/α,β-unsaturated/α-hetero) is 1. The molecule has 36 heavy (non-hydrogen) atoms. The minimum absolute atomic E-state index is 0.0382. The summed E-state index contributed by atoms with van der Waals surface area (Å²) in [6.45, 7) is 1.97. The van der Waals surface area contributed by atoms with Gasteiger partial charge in [0.1, 0.15) is 6.07 Å². The van der Waals surface area contributed by atoms with Gasteiger partial charge in [-0.15, -0.1) is 5.10 Å². The van der Waals surface area contributed by atoms with Crippen LogP contribution in [0, 0.1) is 23.2 Å². The summed E-state index contributed by atoms with van der Waals surface area (Å²) in [5, 5.41) is 18.2. The smallest absolute Gasteiger partial charge is 0.176 e. The Hall–Kier alpha value is -4.43. The van der Waals surface area contributed by atoms with Gasteiger partial charge in [0.2, 0.25) is 0 Å². The number of aromatic nitrogens is 2. The number of nitrogens with one attached hydrogen (secondary N) is 1. The zero-order valence-electron chi connectivity index (χ0n) is 20.1. The highest BCUT2D eigenvalue weighted by molar-refractivity contribution is 6.01. The van der Waals surface area contributed by atoms with Crippen molar-refractivity contribution in [1.82, 2.24) is 9.78 Å². The van der Waals surface area contributed by atoms with Gasteiger partial charge in [0.25, 0.3) is 0 Å². The number of rotatable bonds is 4. The molecule has 0 spiro atoms. The first-order valence-corrected chi connectivity index (χ1v) is 12.4. The van der Waals surface area contributed by atoms with E-state index in [4.69, 9.17) is 5.10 Å². The molecule has 1 N–H and O–H groups in total. The predicted molar refractivity (Wildman–Crippen MR) is 141 cm³/mol. The van der Waals surface area contributed by atoms with Crippen molar-refractivity contribution in [1.29, 1.82) is 5.26 Å². The third kappa shape index (κ3) is 3.72. The molecule has 0 saturated heterocycles. The predicted octanol–water partition coefficient (Wildman–Crippen LogP) is 6.60. The summed E-state index contributed by atoms with van der Waals surface area (Å²) >= 11 is 0. The minimum atomic E-state index is -0.183. The van der Waals surface area contributed by atoms with E-state index in [-0.39, 0.29) is 29.1 Å². The SMILES string of the molecule is CC1C(=O)C(C#N)=CC2c3c(c(Nc4ccccc4)nn3-c3ccc(-c4ccccc4)cc3)CCC12. The lowest BCUT2D eigenvalue weighted by Crippen LogP contribution is -2.35. The van der Waals surface area contributed by atoms with E-state index >= 15 is 0 Å². The van der Waals surface area contributed by atoms with Crippen molar-refractivity contribution in [3.05, 3.63) is 108 Å². The molecular formula is C31H26N4O. The molecule has 176 valence electrons. The standard InChI is InChI=1S/C31H26N4O/c1-20-26-16-17-27-29(28(26)18-23(19-32)30(20)36)35(34-31(27)33-24-10-6-3-7-11-24)25-14-12-22(13-15-25)21-8-4-2-5-9-21/h2-15,18,20,26,28H,16-17H2,1H3,(H,33,34). The number of fused-ring (bicyclic) bond motifs is 3. The van der Waals surface area contributed by atoms with Crippen LogP contribution >= 0.6 is 0 Å². The zero-order valence-corrected chi connectivity index (χ0v) is 20.1. The Kier molecular flexibility index (Phi) is 5.50. The van der Waals surface area contributed by atoms with E-state index in [1.807, 2.05) is 66.2 Å². The number of hydrogen-bond donors (Lipinski definition) is 1. The molecule has 1 aromatic heterocycles. The number of ketones is 1. The average molecular weight is 471 g/mol. The molecule has 0 radical (unpaired) electrons.